The summed E-state index contributed by atoms with van der Waals surface area (Å²) >= 11 is 1.23. The van der Waals surface area contributed by atoms with Crippen molar-refractivity contribution in [2.75, 3.05) is 24.5 Å². The van der Waals surface area contributed by atoms with Crippen molar-refractivity contribution in [3.8, 4) is 22.9 Å². The van der Waals surface area contributed by atoms with Crippen LogP contribution in [0.2, 0.25) is 0 Å². The fourth-order valence-corrected chi connectivity index (χ4v) is 3.32. The number of nitrogens with one attached hydrogen (secondary N) is 1. The van der Waals surface area contributed by atoms with Crippen molar-refractivity contribution in [2.24, 2.45) is 0 Å². The minimum atomic E-state index is -0.184. The van der Waals surface area contributed by atoms with Crippen molar-refractivity contribution in [1.82, 2.24) is 20.2 Å². The molecule has 1 aromatic heterocycles. The van der Waals surface area contributed by atoms with Gasteiger partial charge >= 0.3 is 0 Å². The van der Waals surface area contributed by atoms with Gasteiger partial charge in [0.25, 0.3) is 0 Å². The Morgan fingerprint density at radius 3 is 3.00 bits per heavy atom. The molecule has 10 heteroatoms. The summed E-state index contributed by atoms with van der Waals surface area (Å²) in [5, 5.41) is 15.1. The number of tetrazole rings is 1. The zero-order valence-electron chi connectivity index (χ0n) is 15.0. The molecule has 1 N–H and O–H groups in total. The van der Waals surface area contributed by atoms with E-state index in [1.807, 2.05) is 31.2 Å². The van der Waals surface area contributed by atoms with Gasteiger partial charge < -0.3 is 19.5 Å². The molecule has 2 heterocycles. The fourth-order valence-electron chi connectivity index (χ4n) is 2.63. The van der Waals surface area contributed by atoms with Crippen molar-refractivity contribution in [3.63, 3.8) is 0 Å². The maximum absolute atomic E-state index is 12.3. The molecule has 0 unspecified atom stereocenters. The maximum atomic E-state index is 12.3. The molecule has 1 aliphatic rings. The van der Waals surface area contributed by atoms with Crippen LogP contribution < -0.4 is 19.5 Å². The monoisotopic (exact) mass is 399 g/mol. The molecule has 0 bridgehead atoms. The second kappa shape index (κ2) is 8.17. The highest BCUT2D eigenvalue weighted by atomic mass is 32.2. The third-order valence-corrected chi connectivity index (χ3v) is 4.74. The summed E-state index contributed by atoms with van der Waals surface area (Å²) in [5.41, 5.74) is 1.35. The number of carbonyl (C=O) groups is 1. The van der Waals surface area contributed by atoms with Crippen molar-refractivity contribution in [2.45, 2.75) is 12.1 Å². The summed E-state index contributed by atoms with van der Waals surface area (Å²) in [6.45, 7) is 2.63. The Morgan fingerprint density at radius 1 is 1.25 bits per heavy atom. The molecule has 0 saturated carbocycles. The fraction of sp³-hybridized carbons (Fsp3) is 0.222. The molecular formula is C18H17N5O4S. The molecule has 0 fully saturated rings. The highest BCUT2D eigenvalue weighted by Crippen LogP contribution is 2.34. The summed E-state index contributed by atoms with van der Waals surface area (Å²) in [5.74, 6) is 1.91. The molecule has 28 heavy (non-hydrogen) atoms. The lowest BCUT2D eigenvalue weighted by atomic mass is 10.3. The summed E-state index contributed by atoms with van der Waals surface area (Å²) in [4.78, 5) is 12.3. The zero-order valence-corrected chi connectivity index (χ0v) is 15.8. The van der Waals surface area contributed by atoms with Crippen molar-refractivity contribution in [3.05, 3.63) is 42.5 Å². The summed E-state index contributed by atoms with van der Waals surface area (Å²) in [6.07, 6.45) is 0. The van der Waals surface area contributed by atoms with E-state index in [0.717, 1.165) is 0 Å². The van der Waals surface area contributed by atoms with E-state index in [1.165, 1.54) is 11.8 Å². The Bertz CT molecular complexity index is 994. The third-order valence-electron chi connectivity index (χ3n) is 3.82. The molecule has 0 aliphatic carbocycles. The first kappa shape index (κ1) is 18.1. The number of aromatic nitrogens is 4. The quantitative estimate of drug-likeness (QED) is 0.605. The molecule has 1 aliphatic heterocycles. The van der Waals surface area contributed by atoms with Gasteiger partial charge in [0.1, 0.15) is 11.4 Å². The lowest BCUT2D eigenvalue weighted by Gasteiger charge is -2.10. The van der Waals surface area contributed by atoms with E-state index < -0.39 is 0 Å². The number of anilines is 1. The Hall–Kier alpha value is -3.27. The minimum absolute atomic E-state index is 0.144. The third kappa shape index (κ3) is 3.86. The molecule has 0 saturated heterocycles. The number of para-hydroxylation sites is 2. The number of nitrogens with zero attached hydrogens (tertiary/aromatic N) is 4. The Balaban J connectivity index is 1.42. The van der Waals surface area contributed by atoms with E-state index in [0.29, 0.717) is 40.4 Å². The van der Waals surface area contributed by atoms with Gasteiger partial charge in [0.05, 0.1) is 12.4 Å². The highest BCUT2D eigenvalue weighted by Gasteiger charge is 2.16. The van der Waals surface area contributed by atoms with Gasteiger partial charge in [0.2, 0.25) is 17.9 Å². The Morgan fingerprint density at radius 2 is 2.11 bits per heavy atom. The average molecular weight is 399 g/mol. The van der Waals surface area contributed by atoms with Crippen LogP contribution in [0, 0.1) is 0 Å². The second-order valence-corrected chi connectivity index (χ2v) is 6.62. The van der Waals surface area contributed by atoms with Crippen molar-refractivity contribution in [1.29, 1.82) is 0 Å². The maximum Gasteiger partial charge on any atom is 0.234 e. The number of benzene rings is 2. The van der Waals surface area contributed by atoms with Crippen LogP contribution in [0.1, 0.15) is 6.92 Å². The van der Waals surface area contributed by atoms with Crippen LogP contribution in [0.5, 0.6) is 17.2 Å². The van der Waals surface area contributed by atoms with Gasteiger partial charge in [-0.05, 0) is 41.6 Å². The predicted molar refractivity (Wildman–Crippen MR) is 102 cm³/mol. The lowest BCUT2D eigenvalue weighted by Crippen LogP contribution is -2.14. The van der Waals surface area contributed by atoms with E-state index in [4.69, 9.17) is 14.2 Å². The highest BCUT2D eigenvalue weighted by molar-refractivity contribution is 7.99. The summed E-state index contributed by atoms with van der Waals surface area (Å²) < 4.78 is 17.8. The number of hydrogen-bond donors (Lipinski definition) is 1. The van der Waals surface area contributed by atoms with Gasteiger partial charge in [-0.15, -0.1) is 5.10 Å². The lowest BCUT2D eigenvalue weighted by molar-refractivity contribution is -0.113. The first-order valence-corrected chi connectivity index (χ1v) is 9.56. The van der Waals surface area contributed by atoms with Gasteiger partial charge in [-0.3, -0.25) is 4.79 Å². The number of amides is 1. The van der Waals surface area contributed by atoms with Crippen molar-refractivity contribution >= 4 is 23.4 Å². The summed E-state index contributed by atoms with van der Waals surface area (Å²) in [7, 11) is 0. The van der Waals surface area contributed by atoms with Crippen LogP contribution in [-0.2, 0) is 4.79 Å². The number of hydrogen-bond acceptors (Lipinski definition) is 8. The molecule has 0 radical (unpaired) electrons. The van der Waals surface area contributed by atoms with Crippen LogP contribution in [0.4, 0.5) is 5.69 Å². The molecule has 0 spiro atoms. The molecular weight excluding hydrogens is 382 g/mol. The van der Waals surface area contributed by atoms with Gasteiger partial charge in [0.15, 0.2) is 11.5 Å². The van der Waals surface area contributed by atoms with E-state index in [-0.39, 0.29) is 18.5 Å². The number of thioether (sulfide) groups is 1. The molecule has 2 aromatic carbocycles. The Kier molecular flexibility index (Phi) is 5.29. The number of fused-ring (bicyclic) bond motifs is 1. The molecule has 9 nitrogen and oxygen atoms in total. The van der Waals surface area contributed by atoms with Gasteiger partial charge in [-0.1, -0.05) is 23.9 Å². The predicted octanol–water partition coefficient (Wildman–Crippen LogP) is 2.52. The molecule has 1 amide bonds. The Labute approximate surface area is 165 Å². The van der Waals surface area contributed by atoms with Crippen LogP contribution >= 0.6 is 11.8 Å². The number of rotatable bonds is 7. The van der Waals surface area contributed by atoms with Crippen LogP contribution in [0.15, 0.2) is 47.6 Å². The van der Waals surface area contributed by atoms with E-state index in [9.17, 15) is 4.79 Å². The smallest absolute Gasteiger partial charge is 0.234 e. The molecule has 0 atom stereocenters. The van der Waals surface area contributed by atoms with E-state index in [2.05, 4.69) is 20.8 Å². The zero-order chi connectivity index (χ0) is 19.3. The van der Waals surface area contributed by atoms with Crippen LogP contribution in [-0.4, -0.2) is 45.3 Å². The topological polar surface area (TPSA) is 100 Å². The number of carbonyl (C=O) groups excluding carboxylic acids is 1. The van der Waals surface area contributed by atoms with Gasteiger partial charge in [-0.25, -0.2) is 0 Å². The van der Waals surface area contributed by atoms with Crippen molar-refractivity contribution < 1.29 is 19.0 Å². The first-order valence-electron chi connectivity index (χ1n) is 8.57. The van der Waals surface area contributed by atoms with Crippen LogP contribution in [0.25, 0.3) is 5.69 Å². The molecule has 144 valence electrons. The van der Waals surface area contributed by atoms with Crippen LogP contribution in [0.3, 0.4) is 0 Å². The largest absolute Gasteiger partial charge is 0.492 e. The SMILES string of the molecule is CCOc1ccccc1-n1nnnc1SCC(=O)Nc1ccc2c(c1)OCO2. The van der Waals surface area contributed by atoms with E-state index >= 15 is 0 Å². The standard InChI is InChI=1S/C18H17N5O4S/c1-2-25-14-6-4-3-5-13(14)23-18(20-21-22-23)28-10-17(24)19-12-7-8-15-16(9-12)27-11-26-15/h3-9H,2,10-11H2,1H3,(H,19,24). The summed E-state index contributed by atoms with van der Waals surface area (Å²) in [6, 6.07) is 12.7. The molecule has 4 rings (SSSR count). The normalized spacial score (nSPS) is 12.0. The minimum Gasteiger partial charge on any atom is -0.492 e. The average Bonchev–Trinajstić information content (AvgIpc) is 3.36. The van der Waals surface area contributed by atoms with Gasteiger partial charge in [-0.2, -0.15) is 4.68 Å². The van der Waals surface area contributed by atoms with Gasteiger partial charge in [0, 0.05) is 11.8 Å². The van der Waals surface area contributed by atoms with E-state index in [1.54, 1.807) is 22.9 Å². The first-order chi connectivity index (χ1) is 13.7. The second-order valence-electron chi connectivity index (χ2n) is 5.68. The number of ether oxygens (including phenoxy) is 3. The molecule has 3 aromatic rings.